The average Bonchev–Trinajstić information content (AvgIpc) is 2.17. The minimum atomic E-state index is -1.32. The van der Waals surface area contributed by atoms with Crippen LogP contribution < -0.4 is 4.74 Å². The van der Waals surface area contributed by atoms with Gasteiger partial charge in [-0.3, -0.25) is 4.79 Å². The van der Waals surface area contributed by atoms with E-state index in [9.17, 15) is 14.7 Å². The molecule has 78 valence electrons. The van der Waals surface area contributed by atoms with Crippen molar-refractivity contribution in [3.8, 4) is 11.5 Å². The van der Waals surface area contributed by atoms with Crippen molar-refractivity contribution in [3.63, 3.8) is 0 Å². The molecular weight excluding hydrogens is 228 g/mol. The third kappa shape index (κ3) is 3.09. The van der Waals surface area contributed by atoms with Crippen molar-refractivity contribution < 1.29 is 27.4 Å². The number of ether oxygens (including phenoxy) is 1. The van der Waals surface area contributed by atoms with Crippen LogP contribution in [0.15, 0.2) is 12.1 Å². The third-order valence-corrected chi connectivity index (χ3v) is 1.68. The number of phenols is 1. The number of carbonyl (C=O) groups is 2. The number of benzene rings is 1. The van der Waals surface area contributed by atoms with E-state index in [1.807, 2.05) is 0 Å². The summed E-state index contributed by atoms with van der Waals surface area (Å²) in [5.74, 6) is -1.83. The van der Waals surface area contributed by atoms with Crippen molar-refractivity contribution in [1.82, 2.24) is 0 Å². The number of hydrogen-bond acceptors (Lipinski definition) is 4. The van der Waals surface area contributed by atoms with Gasteiger partial charge in [0.15, 0.2) is 11.5 Å². The molecule has 0 aliphatic rings. The standard InChI is InChI=1S/C9H8O5.Ca.2H/c1-14-7-3-5(4-10)2-6(8(7)11)9(12)13;;;/h2-4,11H,1H3,(H,12,13);;;/q;+2;2*-1. The van der Waals surface area contributed by atoms with Crippen molar-refractivity contribution >= 4 is 50.0 Å². The summed E-state index contributed by atoms with van der Waals surface area (Å²) in [5, 5.41) is 18.0. The van der Waals surface area contributed by atoms with Crippen LogP contribution in [0.2, 0.25) is 0 Å². The fraction of sp³-hybridized carbons (Fsp3) is 0.111. The predicted octanol–water partition coefficient (Wildman–Crippen LogP) is 0.756. The number of carboxylic acids is 1. The first-order valence-corrected chi connectivity index (χ1v) is 3.69. The van der Waals surface area contributed by atoms with Crippen LogP contribution in [0.3, 0.4) is 0 Å². The zero-order valence-electron chi connectivity index (χ0n) is 10.1. The summed E-state index contributed by atoms with van der Waals surface area (Å²) in [4.78, 5) is 21.1. The second-order valence-corrected chi connectivity index (χ2v) is 2.54. The maximum Gasteiger partial charge on any atom is 2.00 e. The minimum absolute atomic E-state index is 0. The van der Waals surface area contributed by atoms with Gasteiger partial charge in [0.2, 0.25) is 0 Å². The summed E-state index contributed by atoms with van der Waals surface area (Å²) >= 11 is 0. The van der Waals surface area contributed by atoms with E-state index >= 15 is 0 Å². The fourth-order valence-corrected chi connectivity index (χ4v) is 1.02. The minimum Gasteiger partial charge on any atom is -1.00 e. The molecule has 2 N–H and O–H groups in total. The second-order valence-electron chi connectivity index (χ2n) is 2.54. The number of aromatic carboxylic acids is 1. The molecule has 0 spiro atoms. The molecule has 6 heteroatoms. The van der Waals surface area contributed by atoms with Gasteiger partial charge in [0.1, 0.15) is 11.8 Å². The smallest absolute Gasteiger partial charge is 1.00 e. The van der Waals surface area contributed by atoms with Crippen LogP contribution >= 0.6 is 0 Å². The Hall–Kier alpha value is -0.780. The van der Waals surface area contributed by atoms with Gasteiger partial charge in [0.05, 0.1) is 7.11 Å². The predicted molar refractivity (Wildman–Crippen MR) is 55.0 cm³/mol. The number of methoxy groups -OCH3 is 1. The zero-order valence-corrected chi connectivity index (χ0v) is 10.3. The Kier molecular flexibility index (Phi) is 5.64. The molecule has 1 aromatic rings. The Balaban J connectivity index is -0.000000653. The molecule has 0 radical (unpaired) electrons. The molecule has 1 rings (SSSR count). The summed E-state index contributed by atoms with van der Waals surface area (Å²) in [6.07, 6.45) is 0.481. The van der Waals surface area contributed by atoms with E-state index in [0.29, 0.717) is 6.29 Å². The van der Waals surface area contributed by atoms with Crippen molar-refractivity contribution in [3.05, 3.63) is 23.3 Å². The number of aldehydes is 1. The van der Waals surface area contributed by atoms with Gasteiger partial charge < -0.3 is 17.8 Å². The Bertz CT molecular complexity index is 397. The van der Waals surface area contributed by atoms with E-state index in [1.54, 1.807) is 0 Å². The van der Waals surface area contributed by atoms with E-state index in [2.05, 4.69) is 0 Å². The quantitative estimate of drug-likeness (QED) is 0.600. The van der Waals surface area contributed by atoms with Crippen molar-refractivity contribution in [2.75, 3.05) is 7.11 Å². The molecule has 0 unspecified atom stereocenters. The summed E-state index contributed by atoms with van der Waals surface area (Å²) in [6.45, 7) is 0. The number of carboxylic acid groups (broad SMARTS) is 1. The molecule has 0 atom stereocenters. The van der Waals surface area contributed by atoms with Gasteiger partial charge >= 0.3 is 43.7 Å². The summed E-state index contributed by atoms with van der Waals surface area (Å²) in [6, 6.07) is 2.34. The topological polar surface area (TPSA) is 83.8 Å². The molecule has 0 aliphatic carbocycles. The molecule has 0 heterocycles. The SMILES string of the molecule is COc1cc(C=O)cc(C(=O)O)c1O.[Ca+2].[H-].[H-]. The first-order chi connectivity index (χ1) is 6.60. The Morgan fingerprint density at radius 1 is 1.53 bits per heavy atom. The van der Waals surface area contributed by atoms with Crippen molar-refractivity contribution in [1.29, 1.82) is 0 Å². The molecule has 5 nitrogen and oxygen atoms in total. The molecule has 0 amide bonds. The zero-order chi connectivity index (χ0) is 10.7. The Labute approximate surface area is 119 Å². The van der Waals surface area contributed by atoms with Gasteiger partial charge in [-0.05, 0) is 12.1 Å². The maximum absolute atomic E-state index is 10.6. The molecule has 0 aliphatic heterocycles. The summed E-state index contributed by atoms with van der Waals surface area (Å²) in [5.41, 5.74) is -0.219. The molecular formula is C9H10CaO5. The van der Waals surface area contributed by atoms with Crippen LogP contribution in [0.5, 0.6) is 11.5 Å². The van der Waals surface area contributed by atoms with E-state index < -0.39 is 11.7 Å². The molecule has 1 aromatic carbocycles. The first-order valence-electron chi connectivity index (χ1n) is 3.69. The van der Waals surface area contributed by atoms with E-state index in [0.717, 1.165) is 6.07 Å². The number of aromatic hydroxyl groups is 1. The first kappa shape index (κ1) is 14.2. The van der Waals surface area contributed by atoms with Crippen LogP contribution in [0.1, 0.15) is 23.6 Å². The van der Waals surface area contributed by atoms with Crippen LogP contribution in [-0.4, -0.2) is 67.3 Å². The Morgan fingerprint density at radius 3 is 2.53 bits per heavy atom. The van der Waals surface area contributed by atoms with E-state index in [1.165, 1.54) is 13.2 Å². The van der Waals surface area contributed by atoms with Gasteiger partial charge in [0, 0.05) is 5.56 Å². The summed E-state index contributed by atoms with van der Waals surface area (Å²) < 4.78 is 4.71. The molecule has 0 bridgehead atoms. The molecule has 0 saturated heterocycles. The van der Waals surface area contributed by atoms with Crippen LogP contribution in [-0.2, 0) is 0 Å². The number of rotatable bonds is 3. The number of hydrogen-bond donors (Lipinski definition) is 2. The van der Waals surface area contributed by atoms with Crippen LogP contribution in [0, 0.1) is 0 Å². The van der Waals surface area contributed by atoms with Gasteiger partial charge in [-0.15, -0.1) is 0 Å². The van der Waals surface area contributed by atoms with Gasteiger partial charge in [-0.1, -0.05) is 0 Å². The van der Waals surface area contributed by atoms with Gasteiger partial charge in [0.25, 0.3) is 0 Å². The maximum atomic E-state index is 10.6. The number of carbonyl (C=O) groups excluding carboxylic acids is 1. The average molecular weight is 238 g/mol. The second kappa shape index (κ2) is 5.95. The summed E-state index contributed by atoms with van der Waals surface area (Å²) in [7, 11) is 1.27. The van der Waals surface area contributed by atoms with Crippen LogP contribution in [0.25, 0.3) is 0 Å². The molecule has 0 saturated carbocycles. The van der Waals surface area contributed by atoms with Crippen molar-refractivity contribution in [2.24, 2.45) is 0 Å². The fourth-order valence-electron chi connectivity index (χ4n) is 1.02. The van der Waals surface area contributed by atoms with Crippen molar-refractivity contribution in [2.45, 2.75) is 0 Å². The van der Waals surface area contributed by atoms with E-state index in [-0.39, 0.29) is 57.5 Å². The Morgan fingerprint density at radius 2 is 2.13 bits per heavy atom. The van der Waals surface area contributed by atoms with Crippen LogP contribution in [0.4, 0.5) is 0 Å². The molecule has 0 aromatic heterocycles. The van der Waals surface area contributed by atoms with Gasteiger partial charge in [-0.25, -0.2) is 4.79 Å². The van der Waals surface area contributed by atoms with E-state index in [4.69, 9.17) is 9.84 Å². The molecule has 0 fully saturated rings. The monoisotopic (exact) mass is 238 g/mol. The normalized spacial score (nSPS) is 8.87. The largest absolute Gasteiger partial charge is 2.00 e. The van der Waals surface area contributed by atoms with Gasteiger partial charge in [-0.2, -0.15) is 0 Å². The third-order valence-electron chi connectivity index (χ3n) is 1.68. The molecule has 15 heavy (non-hydrogen) atoms.